The average Bonchev–Trinajstić information content (AvgIpc) is 3.08. The zero-order chi connectivity index (χ0) is 22.4. The highest BCUT2D eigenvalue weighted by Gasteiger charge is 2.13. The molecule has 12 heteroatoms. The fraction of sp³-hybridized carbons (Fsp3) is 0.158. The number of nitrogens with one attached hydrogen (secondary N) is 2. The van der Waals surface area contributed by atoms with Gasteiger partial charge >= 0.3 is 0 Å². The average molecular weight is 479 g/mol. The minimum atomic E-state index is -0.272. The first-order valence-electron chi connectivity index (χ1n) is 8.98. The molecule has 3 rings (SSSR count). The summed E-state index contributed by atoms with van der Waals surface area (Å²) in [5, 5.41) is 15.9. The zero-order valence-corrected chi connectivity index (χ0v) is 19.0. The van der Waals surface area contributed by atoms with Crippen LogP contribution in [-0.2, 0) is 4.79 Å². The van der Waals surface area contributed by atoms with Gasteiger partial charge in [-0.05, 0) is 35.9 Å². The van der Waals surface area contributed by atoms with Crippen molar-refractivity contribution in [2.45, 2.75) is 5.16 Å². The predicted octanol–water partition coefficient (Wildman–Crippen LogP) is 3.54. The Bertz CT molecular complexity index is 1090. The van der Waals surface area contributed by atoms with Crippen molar-refractivity contribution >= 4 is 64.4 Å². The number of rotatable bonds is 8. The number of hydrogen-bond acceptors (Lipinski definition) is 8. The second kappa shape index (κ2) is 10.4. The molecule has 0 aliphatic heterocycles. The van der Waals surface area contributed by atoms with E-state index in [4.69, 9.17) is 29.0 Å². The molecule has 31 heavy (non-hydrogen) atoms. The number of halogens is 2. The smallest absolute Gasteiger partial charge is 0.264 e. The first kappa shape index (κ1) is 22.7. The number of benzene rings is 2. The molecular formula is C19H20Cl2N8OS. The Morgan fingerprint density at radius 2 is 1.97 bits per heavy atom. The van der Waals surface area contributed by atoms with Crippen molar-refractivity contribution < 1.29 is 4.79 Å². The van der Waals surface area contributed by atoms with Crippen LogP contribution in [-0.4, -0.2) is 46.8 Å². The highest BCUT2D eigenvalue weighted by Crippen LogP contribution is 2.26. The fourth-order valence-electron chi connectivity index (χ4n) is 2.38. The molecule has 0 saturated heterocycles. The predicted molar refractivity (Wildman–Crippen MR) is 128 cm³/mol. The number of carbonyl (C=O) groups is 1. The van der Waals surface area contributed by atoms with Gasteiger partial charge in [-0.3, -0.25) is 4.79 Å². The number of amides is 1. The van der Waals surface area contributed by atoms with E-state index >= 15 is 0 Å². The van der Waals surface area contributed by atoms with E-state index in [1.807, 2.05) is 43.3 Å². The van der Waals surface area contributed by atoms with Crippen LogP contribution in [0.25, 0.3) is 0 Å². The van der Waals surface area contributed by atoms with Gasteiger partial charge in [0.1, 0.15) is 0 Å². The second-order valence-corrected chi connectivity index (χ2v) is 8.28. The van der Waals surface area contributed by atoms with Crippen LogP contribution in [0.15, 0.2) is 52.7 Å². The molecule has 162 valence electrons. The van der Waals surface area contributed by atoms with Gasteiger partial charge in [0.2, 0.25) is 11.1 Å². The Labute approximate surface area is 193 Å². The summed E-state index contributed by atoms with van der Waals surface area (Å²) in [6, 6.07) is 12.7. The topological polar surface area (TPSA) is 113 Å². The molecule has 2 aromatic carbocycles. The Morgan fingerprint density at radius 1 is 1.23 bits per heavy atom. The minimum absolute atomic E-state index is 0.0653. The number of hydrogen-bond donors (Lipinski definition) is 3. The third-order valence-corrected chi connectivity index (χ3v) is 5.48. The van der Waals surface area contributed by atoms with Crippen LogP contribution < -0.4 is 21.5 Å². The molecule has 0 radical (unpaired) electrons. The number of thioether (sulfide) groups is 1. The summed E-state index contributed by atoms with van der Waals surface area (Å²) >= 11 is 13.0. The standard InChI is InChI=1S/C19H20Cl2N8OS/c1-28(2)14-6-3-12(4-7-14)10-23-25-18-26-27-19(29(18)22)31-11-17(30)24-16-8-5-13(20)9-15(16)21/h3-10H,11,22H2,1-2H3,(H,24,30)(H,25,26)/b23-10+. The monoisotopic (exact) mass is 478 g/mol. The Balaban J connectivity index is 1.53. The first-order chi connectivity index (χ1) is 14.8. The summed E-state index contributed by atoms with van der Waals surface area (Å²) in [6.45, 7) is 0. The quantitative estimate of drug-likeness (QED) is 0.196. The molecule has 1 heterocycles. The molecule has 0 saturated carbocycles. The fourth-order valence-corrected chi connectivity index (χ4v) is 3.49. The number of carbonyl (C=O) groups excluding carboxylic acids is 1. The van der Waals surface area contributed by atoms with Crippen molar-refractivity contribution in [3.63, 3.8) is 0 Å². The number of anilines is 3. The lowest BCUT2D eigenvalue weighted by Crippen LogP contribution is -2.17. The molecule has 3 aromatic rings. The molecule has 0 spiro atoms. The van der Waals surface area contributed by atoms with Gasteiger partial charge < -0.3 is 16.1 Å². The normalized spacial score (nSPS) is 11.0. The van der Waals surface area contributed by atoms with Crippen molar-refractivity contribution in [3.8, 4) is 0 Å². The molecule has 9 nitrogen and oxygen atoms in total. The Morgan fingerprint density at radius 3 is 2.65 bits per heavy atom. The van der Waals surface area contributed by atoms with Crippen LogP contribution in [0.2, 0.25) is 10.0 Å². The number of nitrogen functional groups attached to an aromatic ring is 1. The third kappa shape index (κ3) is 6.27. The van der Waals surface area contributed by atoms with Crippen LogP contribution >= 0.6 is 35.0 Å². The van der Waals surface area contributed by atoms with Crippen molar-refractivity contribution in [1.29, 1.82) is 0 Å². The van der Waals surface area contributed by atoms with E-state index < -0.39 is 0 Å². The summed E-state index contributed by atoms with van der Waals surface area (Å²) in [5.74, 6) is 6.01. The van der Waals surface area contributed by atoms with Crippen molar-refractivity contribution in [2.75, 3.05) is 41.3 Å². The van der Waals surface area contributed by atoms with E-state index in [1.54, 1.807) is 24.4 Å². The molecule has 0 unspecified atom stereocenters. The van der Waals surface area contributed by atoms with Crippen LogP contribution in [0.3, 0.4) is 0 Å². The minimum Gasteiger partial charge on any atom is -0.378 e. The molecule has 0 aliphatic rings. The maximum atomic E-state index is 12.2. The maximum absolute atomic E-state index is 12.2. The van der Waals surface area contributed by atoms with Crippen LogP contribution in [0.1, 0.15) is 5.56 Å². The van der Waals surface area contributed by atoms with Crippen LogP contribution in [0, 0.1) is 0 Å². The van der Waals surface area contributed by atoms with Gasteiger partial charge in [-0.15, -0.1) is 10.2 Å². The first-order valence-corrected chi connectivity index (χ1v) is 10.7. The van der Waals surface area contributed by atoms with E-state index in [-0.39, 0.29) is 17.6 Å². The molecule has 0 aliphatic carbocycles. The van der Waals surface area contributed by atoms with Crippen LogP contribution in [0.5, 0.6) is 0 Å². The number of aromatic nitrogens is 3. The second-order valence-electron chi connectivity index (χ2n) is 6.49. The van der Waals surface area contributed by atoms with Gasteiger partial charge in [0.15, 0.2) is 0 Å². The highest BCUT2D eigenvalue weighted by molar-refractivity contribution is 7.99. The highest BCUT2D eigenvalue weighted by atomic mass is 35.5. The molecule has 1 aromatic heterocycles. The zero-order valence-electron chi connectivity index (χ0n) is 16.7. The Kier molecular flexibility index (Phi) is 7.61. The summed E-state index contributed by atoms with van der Waals surface area (Å²) < 4.78 is 1.22. The largest absolute Gasteiger partial charge is 0.378 e. The van der Waals surface area contributed by atoms with Gasteiger partial charge in [0.25, 0.3) is 5.95 Å². The number of nitrogens with two attached hydrogens (primary N) is 1. The van der Waals surface area contributed by atoms with Crippen molar-refractivity contribution in [2.24, 2.45) is 5.10 Å². The molecule has 0 fully saturated rings. The van der Waals surface area contributed by atoms with Gasteiger partial charge in [-0.25, -0.2) is 10.1 Å². The van der Waals surface area contributed by atoms with E-state index in [0.717, 1.165) is 23.0 Å². The lowest BCUT2D eigenvalue weighted by Gasteiger charge is -2.11. The van der Waals surface area contributed by atoms with E-state index in [1.165, 1.54) is 4.68 Å². The van der Waals surface area contributed by atoms with Crippen molar-refractivity contribution in [3.05, 3.63) is 58.1 Å². The Hall–Kier alpha value is -2.95. The van der Waals surface area contributed by atoms with Gasteiger partial charge in [0, 0.05) is 24.8 Å². The summed E-state index contributed by atoms with van der Waals surface area (Å²) in [7, 11) is 3.95. The van der Waals surface area contributed by atoms with Crippen LogP contribution in [0.4, 0.5) is 17.3 Å². The van der Waals surface area contributed by atoms with E-state index in [2.05, 4.69) is 26.0 Å². The van der Waals surface area contributed by atoms with Gasteiger partial charge in [0.05, 0.1) is 22.7 Å². The molecule has 0 atom stereocenters. The molecule has 0 bridgehead atoms. The summed E-state index contributed by atoms with van der Waals surface area (Å²) in [4.78, 5) is 14.2. The lowest BCUT2D eigenvalue weighted by molar-refractivity contribution is -0.113. The summed E-state index contributed by atoms with van der Waals surface area (Å²) in [5.41, 5.74) is 5.22. The third-order valence-electron chi connectivity index (χ3n) is 3.99. The van der Waals surface area contributed by atoms with Crippen molar-refractivity contribution in [1.82, 2.24) is 14.9 Å². The SMILES string of the molecule is CN(C)c1ccc(/C=N/Nc2nnc(SCC(=O)Nc3ccc(Cl)cc3Cl)n2N)cc1. The molecule has 1 amide bonds. The lowest BCUT2D eigenvalue weighted by atomic mass is 10.2. The molecule has 4 N–H and O–H groups in total. The maximum Gasteiger partial charge on any atom is 0.264 e. The van der Waals surface area contributed by atoms with Gasteiger partial charge in [-0.2, -0.15) is 5.10 Å². The number of nitrogens with zero attached hydrogens (tertiary/aromatic N) is 5. The molecular weight excluding hydrogens is 459 g/mol. The van der Waals surface area contributed by atoms with E-state index in [0.29, 0.717) is 20.9 Å². The van der Waals surface area contributed by atoms with E-state index in [9.17, 15) is 4.79 Å². The summed E-state index contributed by atoms with van der Waals surface area (Å²) in [6.07, 6.45) is 1.64. The van der Waals surface area contributed by atoms with Gasteiger partial charge in [-0.1, -0.05) is 47.1 Å². The number of hydrazone groups is 1.